The van der Waals surface area contributed by atoms with Gasteiger partial charge in [0.15, 0.2) is 0 Å². The number of halogens is 2. The Kier molecular flexibility index (Phi) is 4.61. The molecule has 0 spiro atoms. The summed E-state index contributed by atoms with van der Waals surface area (Å²) < 4.78 is 8.67. The molecule has 4 nitrogen and oxygen atoms in total. The Hall–Kier alpha value is -0.620. The van der Waals surface area contributed by atoms with Crippen molar-refractivity contribution in [2.24, 2.45) is 0 Å². The van der Waals surface area contributed by atoms with Crippen molar-refractivity contribution in [1.82, 2.24) is 14.5 Å². The second-order valence-corrected chi connectivity index (χ2v) is 6.08. The zero-order valence-electron chi connectivity index (χ0n) is 11.2. The van der Waals surface area contributed by atoms with Gasteiger partial charge in [0.05, 0.1) is 30.1 Å². The molecule has 1 fully saturated rings. The van der Waals surface area contributed by atoms with Gasteiger partial charge in [-0.25, -0.2) is 4.98 Å². The van der Waals surface area contributed by atoms with Crippen LogP contribution in [-0.4, -0.2) is 47.3 Å². The van der Waals surface area contributed by atoms with Crippen molar-refractivity contribution in [1.29, 1.82) is 0 Å². The van der Waals surface area contributed by atoms with Gasteiger partial charge in [-0.1, -0.05) is 15.9 Å². The highest BCUT2D eigenvalue weighted by Gasteiger charge is 2.14. The maximum absolute atomic E-state index is 6.04. The maximum atomic E-state index is 6.04. The first-order valence-corrected chi connectivity index (χ1v) is 8.11. The molecule has 108 valence electrons. The summed E-state index contributed by atoms with van der Waals surface area (Å²) in [6, 6.07) is 6.15. The molecule has 0 unspecified atom stereocenters. The van der Waals surface area contributed by atoms with E-state index in [1.807, 2.05) is 12.1 Å². The van der Waals surface area contributed by atoms with Gasteiger partial charge in [-0.05, 0) is 18.2 Å². The number of hydrogen-bond donors (Lipinski definition) is 0. The Morgan fingerprint density at radius 2 is 2.05 bits per heavy atom. The molecular formula is C14H17BrClN3O. The van der Waals surface area contributed by atoms with Crippen molar-refractivity contribution in [3.63, 3.8) is 0 Å². The number of aromatic nitrogens is 2. The Labute approximate surface area is 131 Å². The van der Waals surface area contributed by atoms with Crippen LogP contribution < -0.4 is 0 Å². The predicted molar refractivity (Wildman–Crippen MR) is 84.2 cm³/mol. The lowest BCUT2D eigenvalue weighted by atomic mass is 10.3. The van der Waals surface area contributed by atoms with Crippen molar-refractivity contribution < 1.29 is 4.74 Å². The highest BCUT2D eigenvalue weighted by Crippen LogP contribution is 2.22. The van der Waals surface area contributed by atoms with Gasteiger partial charge in [0.25, 0.3) is 0 Å². The van der Waals surface area contributed by atoms with Crippen molar-refractivity contribution >= 4 is 38.6 Å². The second-order valence-electron chi connectivity index (χ2n) is 4.90. The van der Waals surface area contributed by atoms with Crippen LogP contribution in [0.3, 0.4) is 0 Å². The molecule has 0 N–H and O–H groups in total. The zero-order chi connectivity index (χ0) is 13.9. The molecule has 1 aromatic heterocycles. The van der Waals surface area contributed by atoms with E-state index in [1.165, 1.54) is 0 Å². The van der Waals surface area contributed by atoms with Gasteiger partial charge < -0.3 is 9.30 Å². The summed E-state index contributed by atoms with van der Waals surface area (Å²) in [7, 11) is 0. The third kappa shape index (κ3) is 3.01. The van der Waals surface area contributed by atoms with Crippen LogP contribution in [0.15, 0.2) is 22.7 Å². The number of imidazole rings is 1. The van der Waals surface area contributed by atoms with Crippen LogP contribution >= 0.6 is 27.5 Å². The molecule has 0 saturated carbocycles. The van der Waals surface area contributed by atoms with Gasteiger partial charge in [0, 0.05) is 30.7 Å². The van der Waals surface area contributed by atoms with Crippen molar-refractivity contribution in [2.75, 3.05) is 32.8 Å². The molecule has 6 heteroatoms. The Balaban J connectivity index is 1.83. The molecule has 1 saturated heterocycles. The number of nitrogens with zero attached hydrogens (tertiary/aromatic N) is 3. The molecule has 2 heterocycles. The fourth-order valence-corrected chi connectivity index (χ4v) is 3.12. The fourth-order valence-electron chi connectivity index (χ4n) is 2.56. The normalized spacial score (nSPS) is 16.9. The molecule has 3 rings (SSSR count). The number of hydrogen-bond acceptors (Lipinski definition) is 3. The minimum absolute atomic E-state index is 0.440. The lowest BCUT2D eigenvalue weighted by Crippen LogP contribution is -2.38. The molecule has 20 heavy (non-hydrogen) atoms. The van der Waals surface area contributed by atoms with E-state index in [9.17, 15) is 0 Å². The van der Waals surface area contributed by atoms with Crippen LogP contribution in [0, 0.1) is 0 Å². The lowest BCUT2D eigenvalue weighted by molar-refractivity contribution is 0.0364. The van der Waals surface area contributed by atoms with Gasteiger partial charge in [-0.2, -0.15) is 0 Å². The molecule has 1 aliphatic heterocycles. The molecule has 0 radical (unpaired) electrons. The lowest BCUT2D eigenvalue weighted by Gasteiger charge is -2.26. The summed E-state index contributed by atoms with van der Waals surface area (Å²) in [5.41, 5.74) is 2.15. The maximum Gasteiger partial charge on any atom is 0.124 e. The Morgan fingerprint density at radius 3 is 2.80 bits per heavy atom. The molecule has 2 aromatic rings. The monoisotopic (exact) mass is 357 g/mol. The minimum Gasteiger partial charge on any atom is -0.379 e. The number of alkyl halides is 1. The SMILES string of the molecule is ClCc1nc2ccc(Br)cc2n1CCN1CCOCC1. The van der Waals surface area contributed by atoms with Crippen molar-refractivity contribution in [2.45, 2.75) is 12.4 Å². The summed E-state index contributed by atoms with van der Waals surface area (Å²) in [6.07, 6.45) is 0. The highest BCUT2D eigenvalue weighted by molar-refractivity contribution is 9.10. The summed E-state index contributed by atoms with van der Waals surface area (Å²) in [5.74, 6) is 1.38. The van der Waals surface area contributed by atoms with E-state index in [1.54, 1.807) is 0 Å². The van der Waals surface area contributed by atoms with Gasteiger partial charge in [-0.15, -0.1) is 11.6 Å². The number of morpholine rings is 1. The van der Waals surface area contributed by atoms with Gasteiger partial charge in [0.1, 0.15) is 5.82 Å². The van der Waals surface area contributed by atoms with Gasteiger partial charge >= 0.3 is 0 Å². The molecule has 0 bridgehead atoms. The van der Waals surface area contributed by atoms with Gasteiger partial charge in [-0.3, -0.25) is 4.90 Å². The van der Waals surface area contributed by atoms with E-state index in [4.69, 9.17) is 16.3 Å². The van der Waals surface area contributed by atoms with Crippen LogP contribution in [0.2, 0.25) is 0 Å². The number of rotatable bonds is 4. The summed E-state index contributed by atoms with van der Waals surface area (Å²) in [6.45, 7) is 5.59. The van der Waals surface area contributed by atoms with Crippen LogP contribution in [0.5, 0.6) is 0 Å². The molecule has 1 aliphatic rings. The van der Waals surface area contributed by atoms with Crippen LogP contribution in [0.1, 0.15) is 5.82 Å². The average molecular weight is 359 g/mol. The first kappa shape index (κ1) is 14.3. The van der Waals surface area contributed by atoms with E-state index >= 15 is 0 Å². The zero-order valence-corrected chi connectivity index (χ0v) is 13.5. The summed E-state index contributed by atoms with van der Waals surface area (Å²) >= 11 is 9.56. The Morgan fingerprint density at radius 1 is 1.25 bits per heavy atom. The van der Waals surface area contributed by atoms with Crippen LogP contribution in [-0.2, 0) is 17.2 Å². The molecule has 1 aromatic carbocycles. The molecule has 0 amide bonds. The third-order valence-electron chi connectivity index (χ3n) is 3.65. The largest absolute Gasteiger partial charge is 0.379 e. The minimum atomic E-state index is 0.440. The van der Waals surface area contributed by atoms with E-state index in [-0.39, 0.29) is 0 Å². The van der Waals surface area contributed by atoms with E-state index < -0.39 is 0 Å². The van der Waals surface area contributed by atoms with Gasteiger partial charge in [0.2, 0.25) is 0 Å². The van der Waals surface area contributed by atoms with E-state index in [2.05, 4.69) is 36.4 Å². The Bertz CT molecular complexity index is 595. The average Bonchev–Trinajstić information content (AvgIpc) is 2.83. The molecule has 0 aliphatic carbocycles. The second kappa shape index (κ2) is 6.43. The van der Waals surface area contributed by atoms with E-state index in [0.29, 0.717) is 5.88 Å². The van der Waals surface area contributed by atoms with Crippen molar-refractivity contribution in [3.05, 3.63) is 28.5 Å². The fraction of sp³-hybridized carbons (Fsp3) is 0.500. The topological polar surface area (TPSA) is 30.3 Å². The third-order valence-corrected chi connectivity index (χ3v) is 4.38. The van der Waals surface area contributed by atoms with Crippen molar-refractivity contribution in [3.8, 4) is 0 Å². The first-order chi connectivity index (χ1) is 9.78. The number of benzene rings is 1. The molecule has 0 atom stereocenters. The first-order valence-electron chi connectivity index (χ1n) is 6.78. The summed E-state index contributed by atoms with van der Waals surface area (Å²) in [5, 5.41) is 0. The highest BCUT2D eigenvalue weighted by atomic mass is 79.9. The predicted octanol–water partition coefficient (Wildman–Crippen LogP) is 2.87. The number of ether oxygens (including phenoxy) is 1. The quantitative estimate of drug-likeness (QED) is 0.787. The van der Waals surface area contributed by atoms with E-state index in [0.717, 1.165) is 60.7 Å². The smallest absolute Gasteiger partial charge is 0.124 e. The van der Waals surface area contributed by atoms with Crippen LogP contribution in [0.25, 0.3) is 11.0 Å². The number of fused-ring (bicyclic) bond motifs is 1. The standard InChI is InChI=1S/C14H17BrClN3O/c15-11-1-2-12-13(9-11)19(14(10-16)17-12)4-3-18-5-7-20-8-6-18/h1-2,9H,3-8,10H2. The van der Waals surface area contributed by atoms with Crippen LogP contribution in [0.4, 0.5) is 0 Å². The molecular weight excluding hydrogens is 342 g/mol. The summed E-state index contributed by atoms with van der Waals surface area (Å²) in [4.78, 5) is 7.02.